The molecule has 0 aromatic heterocycles. The monoisotopic (exact) mass is 318 g/mol. The van der Waals surface area contributed by atoms with Crippen molar-refractivity contribution in [3.63, 3.8) is 0 Å². The molecule has 0 N–H and O–H groups in total. The summed E-state index contributed by atoms with van der Waals surface area (Å²) in [7, 11) is 0. The molecule has 1 fully saturated rings. The summed E-state index contributed by atoms with van der Waals surface area (Å²) >= 11 is 0. The van der Waals surface area contributed by atoms with E-state index < -0.39 is 6.10 Å². The SMILES string of the molecule is CCN1CCN(C(=O)C(C)Oc2ccc(C(C)(C)C)cc2)CC1. The summed E-state index contributed by atoms with van der Waals surface area (Å²) in [6.45, 7) is 15.1. The minimum atomic E-state index is -0.441. The maximum atomic E-state index is 12.5. The Hall–Kier alpha value is -1.55. The lowest BCUT2D eigenvalue weighted by Gasteiger charge is -2.35. The summed E-state index contributed by atoms with van der Waals surface area (Å²) in [5.74, 6) is 0.840. The van der Waals surface area contributed by atoms with Crippen LogP contribution in [0.25, 0.3) is 0 Å². The molecule has 1 aromatic carbocycles. The smallest absolute Gasteiger partial charge is 0.263 e. The number of likely N-dealkylation sites (N-methyl/N-ethyl adjacent to an activating group) is 1. The van der Waals surface area contributed by atoms with E-state index in [1.807, 2.05) is 24.0 Å². The Balaban J connectivity index is 1.91. The summed E-state index contributed by atoms with van der Waals surface area (Å²) in [6, 6.07) is 8.07. The number of ether oxygens (including phenoxy) is 1. The zero-order valence-corrected chi connectivity index (χ0v) is 15.1. The topological polar surface area (TPSA) is 32.8 Å². The first kappa shape index (κ1) is 17.8. The number of nitrogens with zero attached hydrogens (tertiary/aromatic N) is 2. The Morgan fingerprint density at radius 2 is 1.70 bits per heavy atom. The molecular formula is C19H30N2O2. The van der Waals surface area contributed by atoms with Gasteiger partial charge in [-0.3, -0.25) is 4.79 Å². The Labute approximate surface area is 140 Å². The van der Waals surface area contributed by atoms with Gasteiger partial charge in [-0.2, -0.15) is 0 Å². The highest BCUT2D eigenvalue weighted by Crippen LogP contribution is 2.24. The van der Waals surface area contributed by atoms with Crippen LogP contribution >= 0.6 is 0 Å². The van der Waals surface area contributed by atoms with Crippen molar-refractivity contribution in [2.45, 2.75) is 46.1 Å². The molecule has 1 aromatic rings. The molecule has 0 spiro atoms. The molecule has 0 radical (unpaired) electrons. The highest BCUT2D eigenvalue weighted by atomic mass is 16.5. The second-order valence-corrected chi connectivity index (χ2v) is 7.29. The fourth-order valence-electron chi connectivity index (χ4n) is 2.83. The maximum absolute atomic E-state index is 12.5. The minimum absolute atomic E-state index is 0.0839. The van der Waals surface area contributed by atoms with Crippen molar-refractivity contribution < 1.29 is 9.53 Å². The lowest BCUT2D eigenvalue weighted by Crippen LogP contribution is -2.51. The summed E-state index contributed by atoms with van der Waals surface area (Å²) in [5, 5.41) is 0. The fourth-order valence-corrected chi connectivity index (χ4v) is 2.83. The van der Waals surface area contributed by atoms with Gasteiger partial charge in [0.2, 0.25) is 0 Å². The molecule has 1 aliphatic heterocycles. The van der Waals surface area contributed by atoms with Crippen LogP contribution in [0.5, 0.6) is 5.75 Å². The molecule has 1 saturated heterocycles. The van der Waals surface area contributed by atoms with Crippen molar-refractivity contribution in [3.8, 4) is 5.75 Å². The predicted octanol–water partition coefficient (Wildman–Crippen LogP) is 2.92. The maximum Gasteiger partial charge on any atom is 0.263 e. The first-order valence-corrected chi connectivity index (χ1v) is 8.59. The molecule has 1 aliphatic rings. The molecule has 0 bridgehead atoms. The average Bonchev–Trinajstić information content (AvgIpc) is 2.54. The van der Waals surface area contributed by atoms with Gasteiger partial charge in [0.05, 0.1) is 0 Å². The van der Waals surface area contributed by atoms with Gasteiger partial charge in [0.15, 0.2) is 6.10 Å². The lowest BCUT2D eigenvalue weighted by molar-refractivity contribution is -0.139. The molecule has 23 heavy (non-hydrogen) atoms. The van der Waals surface area contributed by atoms with Crippen molar-refractivity contribution in [3.05, 3.63) is 29.8 Å². The molecule has 0 aliphatic carbocycles. The first-order valence-electron chi connectivity index (χ1n) is 8.59. The van der Waals surface area contributed by atoms with Crippen LogP contribution in [0.3, 0.4) is 0 Å². The van der Waals surface area contributed by atoms with Crippen LogP contribution in [-0.4, -0.2) is 54.5 Å². The number of amides is 1. The van der Waals surface area contributed by atoms with E-state index in [4.69, 9.17) is 4.74 Å². The van der Waals surface area contributed by atoms with Crippen LogP contribution in [0, 0.1) is 0 Å². The molecule has 128 valence electrons. The van der Waals surface area contributed by atoms with Crippen LogP contribution < -0.4 is 4.74 Å². The molecule has 1 heterocycles. The third-order valence-electron chi connectivity index (χ3n) is 4.51. The number of piperazine rings is 1. The van der Waals surface area contributed by atoms with Gasteiger partial charge < -0.3 is 14.5 Å². The number of rotatable bonds is 4. The largest absolute Gasteiger partial charge is 0.481 e. The Morgan fingerprint density at radius 3 is 2.17 bits per heavy atom. The van der Waals surface area contributed by atoms with Crippen molar-refractivity contribution >= 4 is 5.91 Å². The zero-order chi connectivity index (χ0) is 17.0. The molecule has 4 heteroatoms. The number of carbonyl (C=O) groups is 1. The molecular weight excluding hydrogens is 288 g/mol. The Kier molecular flexibility index (Phi) is 5.69. The Morgan fingerprint density at radius 1 is 1.13 bits per heavy atom. The highest BCUT2D eigenvalue weighted by Gasteiger charge is 2.25. The first-order chi connectivity index (χ1) is 10.8. The van der Waals surface area contributed by atoms with Crippen molar-refractivity contribution in [2.75, 3.05) is 32.7 Å². The number of hydrogen-bond donors (Lipinski definition) is 0. The van der Waals surface area contributed by atoms with Crippen molar-refractivity contribution in [2.24, 2.45) is 0 Å². The van der Waals surface area contributed by atoms with Gasteiger partial charge in [-0.25, -0.2) is 0 Å². The lowest BCUT2D eigenvalue weighted by atomic mass is 9.87. The van der Waals surface area contributed by atoms with E-state index >= 15 is 0 Å². The predicted molar refractivity (Wildman–Crippen MR) is 93.9 cm³/mol. The Bertz CT molecular complexity index is 511. The molecule has 4 nitrogen and oxygen atoms in total. The highest BCUT2D eigenvalue weighted by molar-refractivity contribution is 5.81. The van der Waals surface area contributed by atoms with Gasteiger partial charge in [-0.1, -0.05) is 39.8 Å². The minimum Gasteiger partial charge on any atom is -0.481 e. The number of benzene rings is 1. The normalized spacial score (nSPS) is 17.9. The average molecular weight is 318 g/mol. The second-order valence-electron chi connectivity index (χ2n) is 7.29. The van der Waals surface area contributed by atoms with E-state index in [9.17, 15) is 4.79 Å². The van der Waals surface area contributed by atoms with Gasteiger partial charge in [-0.05, 0) is 36.6 Å². The summed E-state index contributed by atoms with van der Waals surface area (Å²) in [6.07, 6.45) is -0.441. The summed E-state index contributed by atoms with van der Waals surface area (Å²) in [5.41, 5.74) is 1.39. The molecule has 1 unspecified atom stereocenters. The quantitative estimate of drug-likeness (QED) is 0.856. The van der Waals surface area contributed by atoms with Gasteiger partial charge in [0, 0.05) is 26.2 Å². The van der Waals surface area contributed by atoms with E-state index in [0.717, 1.165) is 38.5 Å². The summed E-state index contributed by atoms with van der Waals surface area (Å²) < 4.78 is 5.85. The van der Waals surface area contributed by atoms with Crippen LogP contribution in [0.15, 0.2) is 24.3 Å². The van der Waals surface area contributed by atoms with Crippen molar-refractivity contribution in [1.82, 2.24) is 9.80 Å². The van der Waals surface area contributed by atoms with Crippen LogP contribution in [0.4, 0.5) is 0 Å². The second kappa shape index (κ2) is 7.35. The van der Waals surface area contributed by atoms with E-state index in [1.165, 1.54) is 5.56 Å². The van der Waals surface area contributed by atoms with Crippen molar-refractivity contribution in [1.29, 1.82) is 0 Å². The summed E-state index contributed by atoms with van der Waals surface area (Å²) in [4.78, 5) is 16.8. The number of hydrogen-bond acceptors (Lipinski definition) is 3. The van der Waals surface area contributed by atoms with E-state index in [-0.39, 0.29) is 11.3 Å². The molecule has 2 rings (SSSR count). The third-order valence-corrected chi connectivity index (χ3v) is 4.51. The molecule has 0 saturated carbocycles. The van der Waals surface area contributed by atoms with Gasteiger partial charge in [0.25, 0.3) is 5.91 Å². The van der Waals surface area contributed by atoms with E-state index in [1.54, 1.807) is 0 Å². The fraction of sp³-hybridized carbons (Fsp3) is 0.632. The third kappa shape index (κ3) is 4.71. The molecule has 1 atom stereocenters. The standard InChI is InChI=1S/C19H30N2O2/c1-6-20-11-13-21(14-12-20)18(22)15(2)23-17-9-7-16(8-10-17)19(3,4)5/h7-10,15H,6,11-14H2,1-5H3. The van der Waals surface area contributed by atoms with E-state index in [2.05, 4.69) is 44.7 Å². The van der Waals surface area contributed by atoms with Crippen LogP contribution in [-0.2, 0) is 10.2 Å². The zero-order valence-electron chi connectivity index (χ0n) is 15.1. The van der Waals surface area contributed by atoms with E-state index in [0.29, 0.717) is 0 Å². The van der Waals surface area contributed by atoms with Crippen LogP contribution in [0.2, 0.25) is 0 Å². The number of carbonyl (C=O) groups excluding carboxylic acids is 1. The van der Waals surface area contributed by atoms with Crippen LogP contribution in [0.1, 0.15) is 40.2 Å². The van der Waals surface area contributed by atoms with Gasteiger partial charge in [-0.15, -0.1) is 0 Å². The molecule has 1 amide bonds. The van der Waals surface area contributed by atoms with Gasteiger partial charge >= 0.3 is 0 Å². The van der Waals surface area contributed by atoms with Gasteiger partial charge in [0.1, 0.15) is 5.75 Å².